The van der Waals surface area contributed by atoms with Crippen LogP contribution in [0.2, 0.25) is 0 Å². The minimum absolute atomic E-state index is 0.0776. The van der Waals surface area contributed by atoms with Crippen LogP contribution in [0.1, 0.15) is 11.5 Å². The Morgan fingerprint density at radius 2 is 1.88 bits per heavy atom. The van der Waals surface area contributed by atoms with Crippen molar-refractivity contribution in [3.8, 4) is 0 Å². The van der Waals surface area contributed by atoms with Crippen molar-refractivity contribution in [2.75, 3.05) is 0 Å². The van der Waals surface area contributed by atoms with Crippen molar-refractivity contribution in [3.05, 3.63) is 70.1 Å². The van der Waals surface area contributed by atoms with Crippen LogP contribution >= 0.6 is 11.8 Å². The molecular weight excluding hydrogens is 356 g/mol. The molecule has 4 rings (SSSR count). The summed E-state index contributed by atoms with van der Waals surface area (Å²) in [4.78, 5) is 10.7. The quantitative estimate of drug-likeness (QED) is 0.290. The van der Waals surface area contributed by atoms with Crippen LogP contribution in [-0.4, -0.2) is 30.1 Å². The summed E-state index contributed by atoms with van der Waals surface area (Å²) in [7, 11) is 0. The molecule has 0 bridgehead atoms. The van der Waals surface area contributed by atoms with E-state index in [9.17, 15) is 10.1 Å². The van der Waals surface area contributed by atoms with Crippen molar-refractivity contribution in [3.63, 3.8) is 0 Å². The Morgan fingerprint density at radius 3 is 2.77 bits per heavy atom. The number of nitro groups is 1. The van der Waals surface area contributed by atoms with E-state index in [2.05, 4.69) is 20.5 Å². The zero-order valence-corrected chi connectivity index (χ0v) is 14.2. The summed E-state index contributed by atoms with van der Waals surface area (Å²) >= 11 is 1.25. The molecule has 26 heavy (non-hydrogen) atoms. The zero-order valence-electron chi connectivity index (χ0n) is 13.3. The van der Waals surface area contributed by atoms with Crippen molar-refractivity contribution in [1.82, 2.24) is 25.2 Å². The number of hydrogen-bond acceptors (Lipinski definition) is 8. The predicted molar refractivity (Wildman–Crippen MR) is 93.6 cm³/mol. The van der Waals surface area contributed by atoms with Crippen molar-refractivity contribution in [1.29, 1.82) is 0 Å². The monoisotopic (exact) mass is 368 g/mol. The van der Waals surface area contributed by atoms with Gasteiger partial charge in [-0.15, -0.1) is 15.3 Å². The average molecular weight is 368 g/mol. The van der Waals surface area contributed by atoms with E-state index in [0.29, 0.717) is 29.0 Å². The van der Waals surface area contributed by atoms with Gasteiger partial charge in [-0.1, -0.05) is 47.3 Å². The normalized spacial score (nSPS) is 11.1. The van der Waals surface area contributed by atoms with E-state index in [0.717, 1.165) is 11.0 Å². The maximum Gasteiger partial charge on any atom is 0.276 e. The average Bonchev–Trinajstić information content (AvgIpc) is 3.28. The Bertz CT molecular complexity index is 1080. The van der Waals surface area contributed by atoms with Gasteiger partial charge in [0.15, 0.2) is 0 Å². The maximum absolute atomic E-state index is 11.1. The lowest BCUT2D eigenvalue weighted by molar-refractivity contribution is -0.385. The molecule has 4 aromatic rings. The second-order valence-corrected chi connectivity index (χ2v) is 6.30. The fourth-order valence-electron chi connectivity index (χ4n) is 2.47. The first kappa shape index (κ1) is 16.2. The van der Waals surface area contributed by atoms with E-state index >= 15 is 0 Å². The topological polar surface area (TPSA) is 113 Å². The molecule has 0 saturated heterocycles. The van der Waals surface area contributed by atoms with E-state index < -0.39 is 4.92 Å². The van der Waals surface area contributed by atoms with Crippen LogP contribution in [0, 0.1) is 10.1 Å². The lowest BCUT2D eigenvalue weighted by atomic mass is 10.2. The van der Waals surface area contributed by atoms with Crippen molar-refractivity contribution in [2.45, 2.75) is 17.5 Å². The van der Waals surface area contributed by atoms with Crippen molar-refractivity contribution in [2.24, 2.45) is 0 Å². The molecule has 0 saturated carbocycles. The van der Waals surface area contributed by atoms with Crippen molar-refractivity contribution >= 4 is 28.5 Å². The van der Waals surface area contributed by atoms with Crippen LogP contribution in [0.3, 0.4) is 0 Å². The lowest BCUT2D eigenvalue weighted by Gasteiger charge is -2.00. The van der Waals surface area contributed by atoms with E-state index in [1.807, 2.05) is 24.3 Å². The van der Waals surface area contributed by atoms with Gasteiger partial charge in [0.05, 0.1) is 10.4 Å². The number of para-hydroxylation sites is 2. The van der Waals surface area contributed by atoms with Gasteiger partial charge in [0.1, 0.15) is 12.1 Å². The Balaban J connectivity index is 1.46. The molecule has 0 aliphatic heterocycles. The van der Waals surface area contributed by atoms with Crippen LogP contribution < -0.4 is 0 Å². The standard InChI is InChI=1S/C16H12N6O3S/c23-22(24)13-7-3-1-5-11(13)10-26-16-19-18-15(25-16)9-21-14-8-4-2-6-12(14)17-20-21/h1-8H,9-10H2. The molecule has 0 fully saturated rings. The van der Waals surface area contributed by atoms with Gasteiger partial charge in [-0.2, -0.15) is 0 Å². The molecule has 0 aliphatic carbocycles. The molecule has 0 radical (unpaired) electrons. The molecule has 2 heterocycles. The van der Waals surface area contributed by atoms with Gasteiger partial charge in [-0.25, -0.2) is 4.68 Å². The number of aromatic nitrogens is 5. The van der Waals surface area contributed by atoms with Crippen LogP contribution in [0.5, 0.6) is 0 Å². The Labute approximate surface area is 151 Å². The number of nitro benzene ring substituents is 1. The number of hydrogen-bond donors (Lipinski definition) is 0. The predicted octanol–water partition coefficient (Wildman–Crippen LogP) is 3.06. The first-order valence-corrected chi connectivity index (χ1v) is 8.65. The lowest BCUT2D eigenvalue weighted by Crippen LogP contribution is -2.02. The van der Waals surface area contributed by atoms with Crippen LogP contribution in [0.4, 0.5) is 5.69 Å². The van der Waals surface area contributed by atoms with E-state index in [-0.39, 0.29) is 5.69 Å². The minimum atomic E-state index is -0.398. The van der Waals surface area contributed by atoms with Gasteiger partial charge in [0.25, 0.3) is 10.9 Å². The molecule has 2 aromatic carbocycles. The second-order valence-electron chi connectivity index (χ2n) is 5.37. The van der Waals surface area contributed by atoms with Gasteiger partial charge >= 0.3 is 0 Å². The molecule has 0 atom stereocenters. The molecule has 0 spiro atoms. The largest absolute Gasteiger partial charge is 0.414 e. The summed E-state index contributed by atoms with van der Waals surface area (Å²) in [5.74, 6) is 0.760. The van der Waals surface area contributed by atoms with Crippen molar-refractivity contribution < 1.29 is 9.34 Å². The first-order valence-electron chi connectivity index (χ1n) is 7.66. The summed E-state index contributed by atoms with van der Waals surface area (Å²) in [6, 6.07) is 14.2. The molecule has 0 unspecified atom stereocenters. The summed E-state index contributed by atoms with van der Waals surface area (Å²) in [6.07, 6.45) is 0. The third-order valence-corrected chi connectivity index (χ3v) is 4.56. The third kappa shape index (κ3) is 3.26. The third-order valence-electron chi connectivity index (χ3n) is 3.69. The second kappa shape index (κ2) is 6.92. The van der Waals surface area contributed by atoms with E-state index in [4.69, 9.17) is 4.42 Å². The molecular formula is C16H12N6O3S. The number of fused-ring (bicyclic) bond motifs is 1. The van der Waals surface area contributed by atoms with E-state index in [1.165, 1.54) is 17.8 Å². The van der Waals surface area contributed by atoms with Crippen LogP contribution in [0.15, 0.2) is 58.2 Å². The zero-order chi connectivity index (χ0) is 17.9. The van der Waals surface area contributed by atoms with E-state index in [1.54, 1.807) is 22.9 Å². The number of benzene rings is 2. The molecule has 0 aliphatic rings. The fraction of sp³-hybridized carbons (Fsp3) is 0.125. The van der Waals surface area contributed by atoms with Gasteiger partial charge < -0.3 is 4.42 Å². The molecule has 130 valence electrons. The van der Waals surface area contributed by atoms with Gasteiger partial charge in [0.2, 0.25) is 5.89 Å². The van der Waals surface area contributed by atoms with Crippen LogP contribution in [-0.2, 0) is 12.3 Å². The maximum atomic E-state index is 11.1. The Morgan fingerprint density at radius 1 is 1.08 bits per heavy atom. The number of rotatable bonds is 6. The van der Waals surface area contributed by atoms with Crippen LogP contribution in [0.25, 0.3) is 11.0 Å². The molecule has 10 heteroatoms. The summed E-state index contributed by atoms with van der Waals surface area (Å²) in [5, 5.41) is 27.5. The van der Waals surface area contributed by atoms with Gasteiger partial charge in [0, 0.05) is 17.4 Å². The highest BCUT2D eigenvalue weighted by molar-refractivity contribution is 7.98. The minimum Gasteiger partial charge on any atom is -0.414 e. The fourth-order valence-corrected chi connectivity index (χ4v) is 3.25. The summed E-state index contributed by atoms with van der Waals surface area (Å²) in [5.41, 5.74) is 2.34. The number of thioether (sulfide) groups is 1. The molecule has 0 amide bonds. The Hall–Kier alpha value is -3.27. The Kier molecular flexibility index (Phi) is 4.32. The summed E-state index contributed by atoms with van der Waals surface area (Å²) < 4.78 is 7.29. The highest BCUT2D eigenvalue weighted by Gasteiger charge is 2.15. The van der Waals surface area contributed by atoms with Gasteiger partial charge in [-0.3, -0.25) is 10.1 Å². The number of nitrogens with zero attached hydrogens (tertiary/aromatic N) is 6. The smallest absolute Gasteiger partial charge is 0.276 e. The van der Waals surface area contributed by atoms with Gasteiger partial charge in [-0.05, 0) is 12.1 Å². The highest BCUT2D eigenvalue weighted by Crippen LogP contribution is 2.27. The SMILES string of the molecule is O=[N+]([O-])c1ccccc1CSc1nnc(Cn2nnc3ccccc32)o1. The summed E-state index contributed by atoms with van der Waals surface area (Å²) in [6.45, 7) is 0.305. The highest BCUT2D eigenvalue weighted by atomic mass is 32.2. The molecule has 9 nitrogen and oxygen atoms in total. The molecule has 2 aromatic heterocycles. The first-order chi connectivity index (χ1) is 12.7. The molecule has 0 N–H and O–H groups in total.